The summed E-state index contributed by atoms with van der Waals surface area (Å²) in [5, 5.41) is 11.4. The van der Waals surface area contributed by atoms with E-state index in [1.54, 1.807) is 5.38 Å². The van der Waals surface area contributed by atoms with Crippen LogP contribution in [0.1, 0.15) is 37.7 Å². The van der Waals surface area contributed by atoms with Crippen LogP contribution in [0, 0.1) is 0 Å². The molecule has 0 bridgehead atoms. The van der Waals surface area contributed by atoms with E-state index in [0.717, 1.165) is 11.3 Å². The van der Waals surface area contributed by atoms with Gasteiger partial charge in [-0.2, -0.15) is 0 Å². The molecule has 0 radical (unpaired) electrons. The summed E-state index contributed by atoms with van der Waals surface area (Å²) in [6.07, 6.45) is 0.676. The molecule has 2 aromatic rings. The zero-order valence-electron chi connectivity index (χ0n) is 14.6. The number of aliphatic carboxylic acids is 1. The lowest BCUT2D eigenvalue weighted by Crippen LogP contribution is -2.42. The molecular weight excluding hydrogens is 340 g/mol. The third kappa shape index (κ3) is 4.79. The van der Waals surface area contributed by atoms with E-state index in [4.69, 9.17) is 9.84 Å². The highest BCUT2D eigenvalue weighted by atomic mass is 32.1. The Labute approximate surface area is 151 Å². The van der Waals surface area contributed by atoms with Crippen LogP contribution in [0.3, 0.4) is 0 Å². The maximum absolute atomic E-state index is 12.7. The fourth-order valence-electron chi connectivity index (χ4n) is 2.31. The number of thiazole rings is 1. The minimum atomic E-state index is -1.03. The van der Waals surface area contributed by atoms with Gasteiger partial charge in [0.25, 0.3) is 5.91 Å². The number of aromatic nitrogens is 1. The van der Waals surface area contributed by atoms with Crippen LogP contribution in [0.15, 0.2) is 29.6 Å². The fourth-order valence-corrected chi connectivity index (χ4v) is 3.11. The van der Waals surface area contributed by atoms with Crippen molar-refractivity contribution in [2.75, 3.05) is 13.2 Å². The van der Waals surface area contributed by atoms with Crippen molar-refractivity contribution in [1.29, 1.82) is 0 Å². The Morgan fingerprint density at radius 2 is 1.96 bits per heavy atom. The predicted octanol–water partition coefficient (Wildman–Crippen LogP) is 3.53. The van der Waals surface area contributed by atoms with Crippen LogP contribution >= 0.6 is 11.3 Å². The molecule has 1 heterocycles. The van der Waals surface area contributed by atoms with E-state index in [1.807, 2.05) is 45.0 Å². The highest BCUT2D eigenvalue weighted by Crippen LogP contribution is 2.26. The van der Waals surface area contributed by atoms with Crippen molar-refractivity contribution in [3.8, 4) is 16.3 Å². The number of carbonyl (C=O) groups excluding carboxylic acids is 1. The van der Waals surface area contributed by atoms with Crippen molar-refractivity contribution in [2.24, 2.45) is 0 Å². The summed E-state index contributed by atoms with van der Waals surface area (Å²) < 4.78 is 5.41. The zero-order valence-corrected chi connectivity index (χ0v) is 15.4. The first kappa shape index (κ1) is 18.9. The van der Waals surface area contributed by atoms with Gasteiger partial charge in [0.1, 0.15) is 23.0 Å². The molecule has 1 atom stereocenters. The summed E-state index contributed by atoms with van der Waals surface area (Å²) in [6.45, 7) is 5.95. The number of amides is 1. The smallest absolute Gasteiger partial charge is 0.323 e. The highest BCUT2D eigenvalue weighted by molar-refractivity contribution is 7.13. The summed E-state index contributed by atoms with van der Waals surface area (Å²) >= 11 is 1.36. The number of nitrogens with zero attached hydrogens (tertiary/aromatic N) is 2. The molecule has 0 fully saturated rings. The molecular formula is C18H22N2O4S. The van der Waals surface area contributed by atoms with Crippen molar-refractivity contribution in [3.05, 3.63) is 35.3 Å². The molecule has 1 amide bonds. The molecule has 1 unspecified atom stereocenters. The molecule has 0 aliphatic heterocycles. The number of carboxylic acids is 1. The van der Waals surface area contributed by atoms with Gasteiger partial charge in [0, 0.05) is 17.0 Å². The molecule has 0 saturated heterocycles. The first-order chi connectivity index (χ1) is 12.0. The number of benzene rings is 1. The van der Waals surface area contributed by atoms with E-state index in [1.165, 1.54) is 16.2 Å². The Kier molecular flexibility index (Phi) is 6.52. The third-order valence-electron chi connectivity index (χ3n) is 3.82. The van der Waals surface area contributed by atoms with Crippen LogP contribution < -0.4 is 4.74 Å². The molecule has 0 aliphatic carbocycles. The minimum absolute atomic E-state index is 0.167. The number of carbonyl (C=O) groups is 2. The number of ether oxygens (including phenoxy) is 1. The van der Waals surface area contributed by atoms with E-state index in [2.05, 4.69) is 4.98 Å². The van der Waals surface area contributed by atoms with Gasteiger partial charge in [0.15, 0.2) is 0 Å². The van der Waals surface area contributed by atoms with Crippen LogP contribution in [-0.2, 0) is 4.79 Å². The second-order valence-electron chi connectivity index (χ2n) is 5.58. The van der Waals surface area contributed by atoms with Gasteiger partial charge in [-0.05, 0) is 44.5 Å². The molecule has 0 aliphatic rings. The number of carboxylic acid groups (broad SMARTS) is 1. The van der Waals surface area contributed by atoms with Gasteiger partial charge >= 0.3 is 5.97 Å². The number of hydrogen-bond acceptors (Lipinski definition) is 5. The van der Waals surface area contributed by atoms with Crippen molar-refractivity contribution in [1.82, 2.24) is 9.88 Å². The lowest BCUT2D eigenvalue weighted by molar-refractivity contribution is -0.138. The Bertz CT molecular complexity index is 727. The fraction of sp³-hybridized carbons (Fsp3) is 0.389. The normalized spacial score (nSPS) is 11.8. The van der Waals surface area contributed by atoms with Crippen molar-refractivity contribution in [2.45, 2.75) is 33.2 Å². The second kappa shape index (κ2) is 8.62. The van der Waals surface area contributed by atoms with Gasteiger partial charge < -0.3 is 14.7 Å². The van der Waals surface area contributed by atoms with Gasteiger partial charge in [-0.3, -0.25) is 9.59 Å². The summed E-state index contributed by atoms with van der Waals surface area (Å²) in [7, 11) is 0. The van der Waals surface area contributed by atoms with Crippen LogP contribution in [0.25, 0.3) is 10.6 Å². The number of rotatable bonds is 8. The Morgan fingerprint density at radius 3 is 2.52 bits per heavy atom. The molecule has 6 nitrogen and oxygen atoms in total. The number of hydrogen-bond donors (Lipinski definition) is 1. The highest BCUT2D eigenvalue weighted by Gasteiger charge is 2.25. The van der Waals surface area contributed by atoms with E-state index < -0.39 is 5.97 Å². The van der Waals surface area contributed by atoms with Crippen molar-refractivity contribution < 1.29 is 19.4 Å². The average Bonchev–Trinajstić information content (AvgIpc) is 3.09. The maximum Gasteiger partial charge on any atom is 0.323 e. The lowest BCUT2D eigenvalue weighted by Gasteiger charge is -2.26. The molecule has 0 spiro atoms. The maximum atomic E-state index is 12.7. The van der Waals surface area contributed by atoms with Crippen LogP contribution in [-0.4, -0.2) is 46.1 Å². The summed E-state index contributed by atoms with van der Waals surface area (Å²) in [5.41, 5.74) is 1.16. The quantitative estimate of drug-likeness (QED) is 0.777. The standard InChI is InChI=1S/C18H22N2O4S/c1-4-12(3)20(10-16(21)22)18(23)15-11-25-17(19-15)13-6-8-14(9-7-13)24-5-2/h6-9,11-12H,4-5,10H2,1-3H3,(H,21,22). The Morgan fingerprint density at radius 1 is 1.28 bits per heavy atom. The molecule has 7 heteroatoms. The van der Waals surface area contributed by atoms with Crippen LogP contribution in [0.2, 0.25) is 0 Å². The van der Waals surface area contributed by atoms with Crippen molar-refractivity contribution >= 4 is 23.2 Å². The SMILES string of the molecule is CCOc1ccc(-c2nc(C(=O)N(CC(=O)O)C(C)CC)cs2)cc1. The van der Waals surface area contributed by atoms with E-state index in [-0.39, 0.29) is 24.2 Å². The first-order valence-electron chi connectivity index (χ1n) is 8.17. The molecule has 1 N–H and O–H groups in total. The van der Waals surface area contributed by atoms with Crippen molar-refractivity contribution in [3.63, 3.8) is 0 Å². The molecule has 0 saturated carbocycles. The van der Waals surface area contributed by atoms with Gasteiger partial charge in [0.05, 0.1) is 6.61 Å². The Balaban J connectivity index is 2.20. The summed E-state index contributed by atoms with van der Waals surface area (Å²) in [5.74, 6) is -0.607. The average molecular weight is 362 g/mol. The largest absolute Gasteiger partial charge is 0.494 e. The second-order valence-corrected chi connectivity index (χ2v) is 6.44. The predicted molar refractivity (Wildman–Crippen MR) is 97.1 cm³/mol. The minimum Gasteiger partial charge on any atom is -0.494 e. The van der Waals surface area contributed by atoms with Crippen LogP contribution in [0.5, 0.6) is 5.75 Å². The van der Waals surface area contributed by atoms with Crippen LogP contribution in [0.4, 0.5) is 0 Å². The van der Waals surface area contributed by atoms with Gasteiger partial charge in [0.2, 0.25) is 0 Å². The lowest BCUT2D eigenvalue weighted by atomic mass is 10.2. The van der Waals surface area contributed by atoms with E-state index in [0.29, 0.717) is 18.0 Å². The molecule has 1 aromatic heterocycles. The topological polar surface area (TPSA) is 79.7 Å². The molecule has 2 rings (SSSR count). The first-order valence-corrected chi connectivity index (χ1v) is 9.05. The molecule has 1 aromatic carbocycles. The monoisotopic (exact) mass is 362 g/mol. The van der Waals surface area contributed by atoms with Gasteiger partial charge in [-0.15, -0.1) is 11.3 Å². The summed E-state index contributed by atoms with van der Waals surface area (Å²) in [4.78, 5) is 29.4. The van der Waals surface area contributed by atoms with E-state index in [9.17, 15) is 9.59 Å². The zero-order chi connectivity index (χ0) is 18.4. The van der Waals surface area contributed by atoms with Gasteiger partial charge in [-0.1, -0.05) is 6.92 Å². The Hall–Kier alpha value is -2.41. The summed E-state index contributed by atoms with van der Waals surface area (Å²) in [6, 6.07) is 7.33. The third-order valence-corrected chi connectivity index (χ3v) is 4.72. The van der Waals surface area contributed by atoms with Gasteiger partial charge in [-0.25, -0.2) is 4.98 Å². The molecule has 134 valence electrons. The van der Waals surface area contributed by atoms with E-state index >= 15 is 0 Å². The molecule has 25 heavy (non-hydrogen) atoms.